The maximum atomic E-state index is 4.27. The van der Waals surface area contributed by atoms with Crippen molar-refractivity contribution in [1.82, 2.24) is 20.2 Å². The van der Waals surface area contributed by atoms with Gasteiger partial charge in [0.1, 0.15) is 5.01 Å². The molecule has 0 unspecified atom stereocenters. The Kier molecular flexibility index (Phi) is 4.27. The van der Waals surface area contributed by atoms with Crippen LogP contribution in [0, 0.1) is 13.8 Å². The third-order valence-electron chi connectivity index (χ3n) is 1.91. The second-order valence-corrected chi connectivity index (χ2v) is 5.91. The summed E-state index contributed by atoms with van der Waals surface area (Å²) >= 11 is 3.31. The number of hydrogen-bond donors (Lipinski definition) is 1. The fourth-order valence-corrected chi connectivity index (χ4v) is 2.91. The highest BCUT2D eigenvalue weighted by Crippen LogP contribution is 2.21. The van der Waals surface area contributed by atoms with Gasteiger partial charge in [-0.15, -0.1) is 10.2 Å². The lowest BCUT2D eigenvalue weighted by Crippen LogP contribution is -2.07. The lowest BCUT2D eigenvalue weighted by atomic mass is 10.5. The molecule has 0 amide bonds. The highest BCUT2D eigenvalue weighted by atomic mass is 32.2. The van der Waals surface area contributed by atoms with Gasteiger partial charge >= 0.3 is 0 Å². The first-order chi connectivity index (χ1) is 8.24. The second-order valence-electron chi connectivity index (χ2n) is 3.38. The van der Waals surface area contributed by atoms with Gasteiger partial charge in [-0.1, -0.05) is 23.1 Å². The summed E-state index contributed by atoms with van der Waals surface area (Å²) in [5.41, 5.74) is 0.968. The Hall–Kier alpha value is -1.21. The zero-order chi connectivity index (χ0) is 12.1. The molecule has 0 aromatic carbocycles. The van der Waals surface area contributed by atoms with Crippen molar-refractivity contribution in [3.63, 3.8) is 0 Å². The largest absolute Gasteiger partial charge is 0.353 e. The molecule has 0 saturated carbocycles. The monoisotopic (exact) mass is 267 g/mol. The quantitative estimate of drug-likeness (QED) is 0.661. The Morgan fingerprint density at radius 2 is 2.24 bits per heavy atom. The van der Waals surface area contributed by atoms with Crippen LogP contribution in [0.25, 0.3) is 0 Å². The number of nitrogens with zero attached hydrogens (tertiary/aromatic N) is 4. The second kappa shape index (κ2) is 5.92. The molecule has 0 aliphatic carbocycles. The summed E-state index contributed by atoms with van der Waals surface area (Å²) < 4.78 is 1.01. The van der Waals surface area contributed by atoms with Crippen LogP contribution in [0.1, 0.15) is 10.7 Å². The molecule has 7 heteroatoms. The van der Waals surface area contributed by atoms with E-state index in [1.807, 2.05) is 19.9 Å². The Bertz CT molecular complexity index is 485. The van der Waals surface area contributed by atoms with Gasteiger partial charge in [0.05, 0.1) is 0 Å². The van der Waals surface area contributed by atoms with E-state index in [1.54, 1.807) is 29.3 Å². The van der Waals surface area contributed by atoms with E-state index >= 15 is 0 Å². The maximum absolute atomic E-state index is 4.27. The number of thioether (sulfide) groups is 1. The van der Waals surface area contributed by atoms with Gasteiger partial charge in [0, 0.05) is 24.2 Å². The first-order valence-corrected chi connectivity index (χ1v) is 7.00. The molecular weight excluding hydrogens is 254 g/mol. The van der Waals surface area contributed by atoms with E-state index < -0.39 is 0 Å². The van der Waals surface area contributed by atoms with Gasteiger partial charge in [0.25, 0.3) is 0 Å². The van der Waals surface area contributed by atoms with Gasteiger partial charge in [-0.2, -0.15) is 0 Å². The topological polar surface area (TPSA) is 63.6 Å². The summed E-state index contributed by atoms with van der Waals surface area (Å²) in [4.78, 5) is 8.40. The third kappa shape index (κ3) is 3.94. The molecule has 0 fully saturated rings. The summed E-state index contributed by atoms with van der Waals surface area (Å²) in [5, 5.41) is 12.2. The van der Waals surface area contributed by atoms with Crippen molar-refractivity contribution in [2.45, 2.75) is 18.2 Å². The van der Waals surface area contributed by atoms with E-state index in [-0.39, 0.29) is 0 Å². The fraction of sp³-hybridized carbons (Fsp3) is 0.400. The minimum absolute atomic E-state index is 0.680. The van der Waals surface area contributed by atoms with E-state index in [1.165, 1.54) is 0 Å². The number of hydrogen-bond acceptors (Lipinski definition) is 7. The van der Waals surface area contributed by atoms with Gasteiger partial charge in [-0.3, -0.25) is 0 Å². The van der Waals surface area contributed by atoms with Gasteiger partial charge in [0.2, 0.25) is 5.95 Å². The first-order valence-electron chi connectivity index (χ1n) is 5.20. The fourth-order valence-electron chi connectivity index (χ4n) is 1.17. The van der Waals surface area contributed by atoms with Crippen molar-refractivity contribution in [1.29, 1.82) is 0 Å². The molecule has 0 bridgehead atoms. The van der Waals surface area contributed by atoms with Gasteiger partial charge < -0.3 is 5.32 Å². The third-order valence-corrected chi connectivity index (χ3v) is 3.89. The van der Waals surface area contributed by atoms with Crippen molar-refractivity contribution in [3.05, 3.63) is 23.0 Å². The van der Waals surface area contributed by atoms with Crippen LogP contribution in [-0.4, -0.2) is 32.5 Å². The van der Waals surface area contributed by atoms with Gasteiger partial charge in [-0.05, 0) is 19.9 Å². The van der Waals surface area contributed by atoms with E-state index in [9.17, 15) is 0 Å². The molecule has 17 heavy (non-hydrogen) atoms. The van der Waals surface area contributed by atoms with Crippen molar-refractivity contribution in [2.75, 3.05) is 17.6 Å². The maximum Gasteiger partial charge on any atom is 0.222 e. The van der Waals surface area contributed by atoms with Crippen LogP contribution in [0.4, 0.5) is 5.95 Å². The number of anilines is 1. The summed E-state index contributed by atoms with van der Waals surface area (Å²) in [5.74, 6) is 1.60. The summed E-state index contributed by atoms with van der Waals surface area (Å²) in [6.07, 6.45) is 1.76. The van der Waals surface area contributed by atoms with Crippen LogP contribution in [-0.2, 0) is 0 Å². The number of nitrogens with one attached hydrogen (secondary N) is 1. The molecule has 0 aliphatic heterocycles. The zero-order valence-corrected chi connectivity index (χ0v) is 11.3. The Balaban J connectivity index is 1.73. The number of aryl methyl sites for hydroxylation is 2. The Labute approximate surface area is 108 Å². The molecule has 0 saturated heterocycles. The van der Waals surface area contributed by atoms with Crippen LogP contribution >= 0.6 is 23.1 Å². The van der Waals surface area contributed by atoms with Crippen LogP contribution in [0.2, 0.25) is 0 Å². The molecule has 2 rings (SSSR count). The normalized spacial score (nSPS) is 10.5. The smallest absolute Gasteiger partial charge is 0.222 e. The van der Waals surface area contributed by atoms with Crippen molar-refractivity contribution in [3.8, 4) is 0 Å². The van der Waals surface area contributed by atoms with Crippen LogP contribution < -0.4 is 5.32 Å². The average Bonchev–Trinajstić information content (AvgIpc) is 2.71. The summed E-state index contributed by atoms with van der Waals surface area (Å²) in [6, 6.07) is 1.88. The molecule has 90 valence electrons. The Morgan fingerprint density at radius 1 is 1.35 bits per heavy atom. The summed E-state index contributed by atoms with van der Waals surface area (Å²) in [7, 11) is 0. The molecule has 0 atom stereocenters. The minimum Gasteiger partial charge on any atom is -0.353 e. The van der Waals surface area contributed by atoms with Gasteiger partial charge in [-0.25, -0.2) is 9.97 Å². The molecule has 2 aromatic rings. The predicted molar refractivity (Wildman–Crippen MR) is 70.6 cm³/mol. The molecule has 0 aliphatic rings. The predicted octanol–water partition coefficient (Wildman–Crippen LogP) is 2.15. The lowest BCUT2D eigenvalue weighted by Gasteiger charge is -2.03. The molecule has 0 spiro atoms. The zero-order valence-electron chi connectivity index (χ0n) is 9.67. The van der Waals surface area contributed by atoms with Gasteiger partial charge in [0.15, 0.2) is 4.34 Å². The first kappa shape index (κ1) is 12.3. The molecule has 1 N–H and O–H groups in total. The number of aromatic nitrogens is 4. The highest BCUT2D eigenvalue weighted by Gasteiger charge is 2.01. The standard InChI is InChI=1S/C10H13N5S2/c1-7-3-4-11-9(13-7)12-5-6-16-10-15-14-8(2)17-10/h3-4H,5-6H2,1-2H3,(H,11,12,13). The van der Waals surface area contributed by atoms with Crippen LogP contribution in [0.15, 0.2) is 16.6 Å². The molecular formula is C10H13N5S2. The average molecular weight is 267 g/mol. The highest BCUT2D eigenvalue weighted by molar-refractivity contribution is 8.01. The molecule has 2 aromatic heterocycles. The van der Waals surface area contributed by atoms with Crippen LogP contribution in [0.3, 0.4) is 0 Å². The minimum atomic E-state index is 0.680. The Morgan fingerprint density at radius 3 is 2.94 bits per heavy atom. The van der Waals surface area contributed by atoms with Crippen molar-refractivity contribution < 1.29 is 0 Å². The molecule has 2 heterocycles. The van der Waals surface area contributed by atoms with E-state index in [0.29, 0.717) is 5.95 Å². The van der Waals surface area contributed by atoms with E-state index in [2.05, 4.69) is 25.5 Å². The summed E-state index contributed by atoms with van der Waals surface area (Å²) in [6.45, 7) is 4.72. The van der Waals surface area contributed by atoms with Crippen LogP contribution in [0.5, 0.6) is 0 Å². The van der Waals surface area contributed by atoms with E-state index in [0.717, 1.165) is 27.3 Å². The molecule has 5 nitrogen and oxygen atoms in total. The van der Waals surface area contributed by atoms with Crippen molar-refractivity contribution >= 4 is 29.0 Å². The lowest BCUT2D eigenvalue weighted by molar-refractivity contribution is 0.982. The SMILES string of the molecule is Cc1ccnc(NCCSc2nnc(C)s2)n1. The molecule has 0 radical (unpaired) electrons. The van der Waals surface area contributed by atoms with Crippen molar-refractivity contribution in [2.24, 2.45) is 0 Å². The number of rotatable bonds is 5. The van der Waals surface area contributed by atoms with E-state index in [4.69, 9.17) is 0 Å².